The van der Waals surface area contributed by atoms with Crippen molar-refractivity contribution in [2.75, 3.05) is 5.73 Å². The second kappa shape index (κ2) is 6.37. The SMILES string of the molecule is Nc1ccc(C(=O)CCC2CCCCC2)cc1Br. The average Bonchev–Trinajstić information content (AvgIpc) is 2.40. The van der Waals surface area contributed by atoms with E-state index in [2.05, 4.69) is 15.9 Å². The summed E-state index contributed by atoms with van der Waals surface area (Å²) in [6.07, 6.45) is 8.37. The highest BCUT2D eigenvalue weighted by Gasteiger charge is 2.15. The molecular weight excluding hydrogens is 290 g/mol. The van der Waals surface area contributed by atoms with Crippen LogP contribution in [0.4, 0.5) is 5.69 Å². The third-order valence-corrected chi connectivity index (χ3v) is 4.51. The van der Waals surface area contributed by atoms with Gasteiger partial charge in [0.1, 0.15) is 0 Å². The van der Waals surface area contributed by atoms with Gasteiger partial charge in [-0.15, -0.1) is 0 Å². The number of nitrogens with two attached hydrogens (primary N) is 1. The highest BCUT2D eigenvalue weighted by Crippen LogP contribution is 2.28. The van der Waals surface area contributed by atoms with Gasteiger partial charge in [-0.1, -0.05) is 32.1 Å². The molecule has 3 heteroatoms. The van der Waals surface area contributed by atoms with E-state index in [1.54, 1.807) is 6.07 Å². The van der Waals surface area contributed by atoms with Gasteiger partial charge >= 0.3 is 0 Å². The average molecular weight is 310 g/mol. The molecule has 1 aliphatic rings. The molecule has 0 atom stereocenters. The molecule has 1 saturated carbocycles. The summed E-state index contributed by atoms with van der Waals surface area (Å²) in [5.74, 6) is 1.00. The number of rotatable bonds is 4. The zero-order valence-corrected chi connectivity index (χ0v) is 12.2. The van der Waals surface area contributed by atoms with Crippen molar-refractivity contribution in [3.63, 3.8) is 0 Å². The number of hydrogen-bond donors (Lipinski definition) is 1. The van der Waals surface area contributed by atoms with E-state index in [1.807, 2.05) is 12.1 Å². The topological polar surface area (TPSA) is 43.1 Å². The zero-order valence-electron chi connectivity index (χ0n) is 10.6. The Labute approximate surface area is 117 Å². The predicted octanol–water partition coefficient (Wildman–Crippen LogP) is 4.57. The van der Waals surface area contributed by atoms with Crippen LogP contribution < -0.4 is 5.73 Å². The Bertz CT molecular complexity index is 425. The lowest BCUT2D eigenvalue weighted by Crippen LogP contribution is -2.09. The Morgan fingerprint density at radius 1 is 1.28 bits per heavy atom. The number of carbonyl (C=O) groups is 1. The van der Waals surface area contributed by atoms with Crippen molar-refractivity contribution in [3.05, 3.63) is 28.2 Å². The minimum atomic E-state index is 0.237. The highest BCUT2D eigenvalue weighted by atomic mass is 79.9. The van der Waals surface area contributed by atoms with Crippen molar-refractivity contribution in [2.45, 2.75) is 44.9 Å². The van der Waals surface area contributed by atoms with Crippen LogP contribution in [0.1, 0.15) is 55.3 Å². The number of hydrogen-bond acceptors (Lipinski definition) is 2. The fraction of sp³-hybridized carbons (Fsp3) is 0.533. The van der Waals surface area contributed by atoms with E-state index >= 15 is 0 Å². The van der Waals surface area contributed by atoms with Crippen molar-refractivity contribution in [2.24, 2.45) is 5.92 Å². The molecule has 2 nitrogen and oxygen atoms in total. The fourth-order valence-corrected chi connectivity index (χ4v) is 3.03. The van der Waals surface area contributed by atoms with Crippen LogP contribution in [0.3, 0.4) is 0 Å². The minimum absolute atomic E-state index is 0.237. The smallest absolute Gasteiger partial charge is 0.162 e. The summed E-state index contributed by atoms with van der Waals surface area (Å²) in [4.78, 5) is 12.1. The highest BCUT2D eigenvalue weighted by molar-refractivity contribution is 9.10. The molecular formula is C15H20BrNO. The Hall–Kier alpha value is -0.830. The summed E-state index contributed by atoms with van der Waals surface area (Å²) in [5, 5.41) is 0. The first-order valence-corrected chi connectivity index (χ1v) is 7.54. The van der Waals surface area contributed by atoms with Crippen LogP contribution in [0.25, 0.3) is 0 Å². The maximum atomic E-state index is 12.1. The molecule has 0 saturated heterocycles. The summed E-state index contributed by atoms with van der Waals surface area (Å²) in [5.41, 5.74) is 7.17. The Kier molecular flexibility index (Phi) is 4.81. The molecule has 98 valence electrons. The van der Waals surface area contributed by atoms with Crippen LogP contribution in [0.2, 0.25) is 0 Å². The van der Waals surface area contributed by atoms with E-state index in [0.717, 1.165) is 22.4 Å². The van der Waals surface area contributed by atoms with Gasteiger partial charge in [0, 0.05) is 22.1 Å². The minimum Gasteiger partial charge on any atom is -0.398 e. The molecule has 1 fully saturated rings. The van der Waals surface area contributed by atoms with Gasteiger partial charge in [0.25, 0.3) is 0 Å². The number of halogens is 1. The summed E-state index contributed by atoms with van der Waals surface area (Å²) < 4.78 is 0.811. The Balaban J connectivity index is 1.88. The number of nitrogen functional groups attached to an aromatic ring is 1. The molecule has 2 rings (SSSR count). The first kappa shape index (κ1) is 13.6. The molecule has 1 aromatic rings. The molecule has 0 spiro atoms. The summed E-state index contributed by atoms with van der Waals surface area (Å²) in [7, 11) is 0. The van der Waals surface area contributed by atoms with Crippen molar-refractivity contribution >= 4 is 27.4 Å². The van der Waals surface area contributed by atoms with E-state index < -0.39 is 0 Å². The zero-order chi connectivity index (χ0) is 13.0. The molecule has 0 aromatic heterocycles. The summed E-state index contributed by atoms with van der Waals surface area (Å²) in [6.45, 7) is 0. The standard InChI is InChI=1S/C15H20BrNO/c16-13-10-12(7-8-14(13)17)15(18)9-6-11-4-2-1-3-5-11/h7-8,10-11H,1-6,9,17H2. The third-order valence-electron chi connectivity index (χ3n) is 3.83. The Morgan fingerprint density at radius 3 is 2.67 bits per heavy atom. The van der Waals surface area contributed by atoms with Gasteiger partial charge in [0.15, 0.2) is 5.78 Å². The molecule has 0 amide bonds. The lowest BCUT2D eigenvalue weighted by molar-refractivity contribution is 0.0970. The molecule has 1 aliphatic carbocycles. The number of Topliss-reactive ketones (excluding diaryl/α,β-unsaturated/α-hetero) is 1. The molecule has 0 heterocycles. The lowest BCUT2D eigenvalue weighted by Gasteiger charge is -2.20. The van der Waals surface area contributed by atoms with Crippen molar-refractivity contribution < 1.29 is 4.79 Å². The summed E-state index contributed by atoms with van der Waals surface area (Å²) in [6, 6.07) is 5.44. The fourth-order valence-electron chi connectivity index (χ4n) is 2.66. The molecule has 0 aliphatic heterocycles. The normalized spacial score (nSPS) is 16.7. The predicted molar refractivity (Wildman–Crippen MR) is 78.7 cm³/mol. The van der Waals surface area contributed by atoms with Crippen LogP contribution in [0.15, 0.2) is 22.7 Å². The quantitative estimate of drug-likeness (QED) is 0.653. The van der Waals surface area contributed by atoms with Gasteiger partial charge in [-0.25, -0.2) is 0 Å². The number of benzene rings is 1. The number of carbonyl (C=O) groups excluding carboxylic acids is 1. The third kappa shape index (κ3) is 3.58. The van der Waals surface area contributed by atoms with Gasteiger partial charge in [-0.2, -0.15) is 0 Å². The molecule has 18 heavy (non-hydrogen) atoms. The van der Waals surface area contributed by atoms with Gasteiger partial charge in [-0.05, 0) is 46.5 Å². The lowest BCUT2D eigenvalue weighted by atomic mass is 9.85. The van der Waals surface area contributed by atoms with E-state index in [-0.39, 0.29) is 5.78 Å². The van der Waals surface area contributed by atoms with Gasteiger partial charge < -0.3 is 5.73 Å². The van der Waals surface area contributed by atoms with E-state index in [0.29, 0.717) is 12.1 Å². The van der Waals surface area contributed by atoms with Crippen LogP contribution >= 0.6 is 15.9 Å². The van der Waals surface area contributed by atoms with Gasteiger partial charge in [0.05, 0.1) is 0 Å². The maximum absolute atomic E-state index is 12.1. The molecule has 2 N–H and O–H groups in total. The van der Waals surface area contributed by atoms with Crippen LogP contribution in [0.5, 0.6) is 0 Å². The first-order chi connectivity index (χ1) is 8.66. The number of anilines is 1. The van der Waals surface area contributed by atoms with Crippen LogP contribution in [-0.2, 0) is 0 Å². The molecule has 1 aromatic carbocycles. The van der Waals surface area contributed by atoms with E-state index in [4.69, 9.17) is 5.73 Å². The molecule has 0 radical (unpaired) electrons. The van der Waals surface area contributed by atoms with Gasteiger partial charge in [-0.3, -0.25) is 4.79 Å². The summed E-state index contributed by atoms with van der Waals surface area (Å²) >= 11 is 3.36. The second-order valence-corrected chi connectivity index (χ2v) is 6.06. The first-order valence-electron chi connectivity index (χ1n) is 6.75. The van der Waals surface area contributed by atoms with Crippen molar-refractivity contribution in [3.8, 4) is 0 Å². The van der Waals surface area contributed by atoms with E-state index in [9.17, 15) is 4.79 Å². The van der Waals surface area contributed by atoms with Crippen LogP contribution in [0, 0.1) is 5.92 Å². The number of ketones is 1. The second-order valence-electron chi connectivity index (χ2n) is 5.20. The Morgan fingerprint density at radius 2 is 2.00 bits per heavy atom. The largest absolute Gasteiger partial charge is 0.398 e. The van der Waals surface area contributed by atoms with E-state index in [1.165, 1.54) is 32.1 Å². The molecule has 0 unspecified atom stereocenters. The van der Waals surface area contributed by atoms with Gasteiger partial charge in [0.2, 0.25) is 0 Å². The monoisotopic (exact) mass is 309 g/mol. The van der Waals surface area contributed by atoms with Crippen molar-refractivity contribution in [1.82, 2.24) is 0 Å². The van der Waals surface area contributed by atoms with Crippen LogP contribution in [-0.4, -0.2) is 5.78 Å². The van der Waals surface area contributed by atoms with Crippen molar-refractivity contribution in [1.29, 1.82) is 0 Å². The maximum Gasteiger partial charge on any atom is 0.162 e. The molecule has 0 bridgehead atoms.